The van der Waals surface area contributed by atoms with Crippen molar-refractivity contribution in [3.05, 3.63) is 34.9 Å². The Balaban J connectivity index is 2.40. The quantitative estimate of drug-likeness (QED) is 0.743. The van der Waals surface area contributed by atoms with Gasteiger partial charge in [0.15, 0.2) is 0 Å². The molecule has 1 aromatic rings. The van der Waals surface area contributed by atoms with Crippen LogP contribution in [0.3, 0.4) is 0 Å². The minimum atomic E-state index is 0.718. The number of hydrogen-bond acceptors (Lipinski definition) is 3. The summed E-state index contributed by atoms with van der Waals surface area (Å²) in [5.74, 6) is 0. The highest BCUT2D eigenvalue weighted by Gasteiger charge is 1.99. The molecule has 0 saturated heterocycles. The van der Waals surface area contributed by atoms with Gasteiger partial charge in [0, 0.05) is 19.7 Å². The summed E-state index contributed by atoms with van der Waals surface area (Å²) in [5, 5.41) is 12.1. The highest BCUT2D eigenvalue weighted by Crippen LogP contribution is 2.09. The molecule has 0 unspecified atom stereocenters. The number of nitrogens with one attached hydrogen (secondary N) is 1. The van der Waals surface area contributed by atoms with Crippen LogP contribution in [-0.4, -0.2) is 19.8 Å². The average molecular weight is 218 g/mol. The first-order valence-electron chi connectivity index (χ1n) is 5.56. The van der Waals surface area contributed by atoms with E-state index < -0.39 is 0 Å². The van der Waals surface area contributed by atoms with Crippen LogP contribution in [0.1, 0.15) is 23.6 Å². The molecule has 0 heterocycles. The molecular weight excluding hydrogens is 200 g/mol. The molecule has 0 radical (unpaired) electrons. The van der Waals surface area contributed by atoms with Crippen molar-refractivity contribution in [3.8, 4) is 6.07 Å². The zero-order valence-corrected chi connectivity index (χ0v) is 9.92. The van der Waals surface area contributed by atoms with Gasteiger partial charge in [0.25, 0.3) is 0 Å². The van der Waals surface area contributed by atoms with Crippen molar-refractivity contribution in [1.29, 1.82) is 5.26 Å². The van der Waals surface area contributed by atoms with Gasteiger partial charge in [0.2, 0.25) is 0 Å². The summed E-state index contributed by atoms with van der Waals surface area (Å²) >= 11 is 0. The topological polar surface area (TPSA) is 45.0 Å². The summed E-state index contributed by atoms with van der Waals surface area (Å²) in [6.45, 7) is 7.20. The highest BCUT2D eigenvalue weighted by atomic mass is 16.5. The van der Waals surface area contributed by atoms with Crippen LogP contribution in [0.5, 0.6) is 0 Å². The van der Waals surface area contributed by atoms with Gasteiger partial charge in [-0.05, 0) is 37.1 Å². The molecule has 0 saturated carbocycles. The van der Waals surface area contributed by atoms with Gasteiger partial charge in [-0.25, -0.2) is 0 Å². The van der Waals surface area contributed by atoms with Gasteiger partial charge in [-0.15, -0.1) is 0 Å². The third-order valence-electron chi connectivity index (χ3n) is 2.41. The minimum Gasteiger partial charge on any atom is -0.380 e. The van der Waals surface area contributed by atoms with Gasteiger partial charge in [0.05, 0.1) is 18.2 Å². The molecule has 16 heavy (non-hydrogen) atoms. The van der Waals surface area contributed by atoms with Gasteiger partial charge in [-0.1, -0.05) is 6.07 Å². The zero-order chi connectivity index (χ0) is 11.8. The molecule has 0 spiro atoms. The van der Waals surface area contributed by atoms with E-state index >= 15 is 0 Å². The lowest BCUT2D eigenvalue weighted by Gasteiger charge is -2.08. The largest absolute Gasteiger partial charge is 0.380 e. The van der Waals surface area contributed by atoms with E-state index in [9.17, 15) is 0 Å². The Morgan fingerprint density at radius 1 is 1.44 bits per heavy atom. The maximum Gasteiger partial charge on any atom is 0.0991 e. The Morgan fingerprint density at radius 3 is 2.88 bits per heavy atom. The van der Waals surface area contributed by atoms with Gasteiger partial charge in [-0.2, -0.15) is 5.26 Å². The Bertz CT molecular complexity index is 369. The normalized spacial score (nSPS) is 10.1. The maximum absolute atomic E-state index is 8.74. The molecule has 0 atom stereocenters. The predicted octanol–water partition coefficient (Wildman–Crippen LogP) is 1.99. The van der Waals surface area contributed by atoms with Gasteiger partial charge < -0.3 is 10.1 Å². The Hall–Kier alpha value is -1.37. The average Bonchev–Trinajstić information content (AvgIpc) is 2.30. The van der Waals surface area contributed by atoms with Crippen LogP contribution in [0.4, 0.5) is 0 Å². The fourth-order valence-electron chi connectivity index (χ4n) is 1.48. The number of hydrogen-bond donors (Lipinski definition) is 1. The van der Waals surface area contributed by atoms with Gasteiger partial charge >= 0.3 is 0 Å². The van der Waals surface area contributed by atoms with E-state index in [1.807, 2.05) is 32.0 Å². The van der Waals surface area contributed by atoms with Gasteiger partial charge in [-0.3, -0.25) is 0 Å². The van der Waals surface area contributed by atoms with Crippen molar-refractivity contribution < 1.29 is 4.74 Å². The molecule has 3 heteroatoms. The highest BCUT2D eigenvalue weighted by molar-refractivity contribution is 5.37. The second-order valence-electron chi connectivity index (χ2n) is 3.63. The van der Waals surface area contributed by atoms with E-state index in [-0.39, 0.29) is 0 Å². The van der Waals surface area contributed by atoms with Crippen LogP contribution >= 0.6 is 0 Å². The zero-order valence-electron chi connectivity index (χ0n) is 9.92. The molecule has 1 aromatic carbocycles. The molecule has 0 aliphatic heterocycles. The molecule has 0 bridgehead atoms. The summed E-state index contributed by atoms with van der Waals surface area (Å²) < 4.78 is 5.23. The van der Waals surface area contributed by atoms with Crippen molar-refractivity contribution >= 4 is 0 Å². The summed E-state index contributed by atoms with van der Waals surface area (Å²) in [6.07, 6.45) is 0. The number of ether oxygens (including phenoxy) is 1. The molecule has 0 aromatic heterocycles. The molecule has 0 amide bonds. The van der Waals surface area contributed by atoms with E-state index in [1.54, 1.807) is 0 Å². The van der Waals surface area contributed by atoms with Crippen LogP contribution in [0, 0.1) is 18.3 Å². The monoisotopic (exact) mass is 218 g/mol. The lowest BCUT2D eigenvalue weighted by atomic mass is 10.1. The number of aryl methyl sites for hydroxylation is 1. The fraction of sp³-hybridized carbons (Fsp3) is 0.462. The molecular formula is C13H18N2O. The SMILES string of the molecule is CCOCCNCc1ccc(C#N)cc1C. The van der Waals surface area contributed by atoms with Crippen molar-refractivity contribution in [2.24, 2.45) is 0 Å². The first-order chi connectivity index (χ1) is 7.77. The summed E-state index contributed by atoms with van der Waals surface area (Å²) in [7, 11) is 0. The van der Waals surface area contributed by atoms with E-state index in [0.29, 0.717) is 0 Å². The molecule has 3 nitrogen and oxygen atoms in total. The Kier molecular flexibility index (Phi) is 5.55. The number of nitriles is 1. The third-order valence-corrected chi connectivity index (χ3v) is 2.41. The van der Waals surface area contributed by atoms with Crippen LogP contribution in [0.2, 0.25) is 0 Å². The third kappa shape index (κ3) is 4.01. The number of benzene rings is 1. The molecule has 86 valence electrons. The Morgan fingerprint density at radius 2 is 2.25 bits per heavy atom. The van der Waals surface area contributed by atoms with Crippen LogP contribution in [0.25, 0.3) is 0 Å². The van der Waals surface area contributed by atoms with Crippen LogP contribution in [-0.2, 0) is 11.3 Å². The van der Waals surface area contributed by atoms with Crippen molar-refractivity contribution in [2.75, 3.05) is 19.8 Å². The molecule has 1 rings (SSSR count). The lowest BCUT2D eigenvalue weighted by Crippen LogP contribution is -2.19. The molecule has 0 aliphatic carbocycles. The molecule has 0 fully saturated rings. The second kappa shape index (κ2) is 7.00. The first kappa shape index (κ1) is 12.7. The summed E-state index contributed by atoms with van der Waals surface area (Å²) in [4.78, 5) is 0. The van der Waals surface area contributed by atoms with E-state index in [0.717, 1.165) is 37.4 Å². The van der Waals surface area contributed by atoms with Crippen LogP contribution in [0.15, 0.2) is 18.2 Å². The molecule has 0 aliphatic rings. The summed E-state index contributed by atoms with van der Waals surface area (Å²) in [6, 6.07) is 7.91. The van der Waals surface area contributed by atoms with E-state index in [1.165, 1.54) is 5.56 Å². The predicted molar refractivity (Wildman–Crippen MR) is 64.1 cm³/mol. The van der Waals surface area contributed by atoms with E-state index in [2.05, 4.69) is 11.4 Å². The lowest BCUT2D eigenvalue weighted by molar-refractivity contribution is 0.149. The first-order valence-corrected chi connectivity index (χ1v) is 5.56. The van der Waals surface area contributed by atoms with Crippen LogP contribution < -0.4 is 5.32 Å². The molecule has 1 N–H and O–H groups in total. The summed E-state index contributed by atoms with van der Waals surface area (Å²) in [5.41, 5.74) is 3.11. The second-order valence-corrected chi connectivity index (χ2v) is 3.63. The standard InChI is InChI=1S/C13H18N2O/c1-3-16-7-6-15-10-13-5-4-12(9-14)8-11(13)2/h4-5,8,15H,3,6-7,10H2,1-2H3. The minimum absolute atomic E-state index is 0.718. The van der Waals surface area contributed by atoms with Gasteiger partial charge in [0.1, 0.15) is 0 Å². The number of nitrogens with zero attached hydrogens (tertiary/aromatic N) is 1. The van der Waals surface area contributed by atoms with E-state index in [4.69, 9.17) is 10.00 Å². The fourth-order valence-corrected chi connectivity index (χ4v) is 1.48. The Labute approximate surface area is 97.0 Å². The number of rotatable bonds is 6. The maximum atomic E-state index is 8.74. The smallest absolute Gasteiger partial charge is 0.0991 e. The van der Waals surface area contributed by atoms with Crippen molar-refractivity contribution in [3.63, 3.8) is 0 Å². The van der Waals surface area contributed by atoms with Crippen molar-refractivity contribution in [2.45, 2.75) is 20.4 Å². The van der Waals surface area contributed by atoms with Crippen molar-refractivity contribution in [1.82, 2.24) is 5.32 Å².